The second-order valence-electron chi connectivity index (χ2n) is 5.53. The molecule has 146 valence electrons. The highest BCUT2D eigenvalue weighted by atomic mass is 19.1. The number of amidine groups is 1. The molecular weight excluding hydrogens is 351 g/mol. The molecule has 0 spiro atoms. The lowest BCUT2D eigenvalue weighted by Crippen LogP contribution is -2.35. The molecule has 0 radical (unpaired) electrons. The van der Waals surface area contributed by atoms with Gasteiger partial charge in [0, 0.05) is 19.7 Å². The second-order valence-corrected chi connectivity index (χ2v) is 5.53. The molecule has 27 heavy (non-hydrogen) atoms. The lowest BCUT2D eigenvalue weighted by molar-refractivity contribution is -0.0979. The fraction of sp³-hybridized carbons (Fsp3) is 0.300. The molecule has 1 aliphatic heterocycles. The van der Waals surface area contributed by atoms with E-state index in [0.29, 0.717) is 12.3 Å². The SMILES string of the molecule is C=O.CCc1cccc(C2=NOC(C3=C(O)C=CCC=C3F)N2C)c1.CO. The third kappa shape index (κ3) is 5.04. The number of carbonyl (C=O) groups excluding carboxylic acids is 1. The Morgan fingerprint density at radius 1 is 1.37 bits per heavy atom. The molecule has 2 aliphatic rings. The summed E-state index contributed by atoms with van der Waals surface area (Å²) in [6.07, 6.45) is 5.18. The first-order valence-corrected chi connectivity index (χ1v) is 8.37. The van der Waals surface area contributed by atoms with Gasteiger partial charge in [0.05, 0.1) is 5.57 Å². The van der Waals surface area contributed by atoms with Gasteiger partial charge in [0.15, 0.2) is 5.84 Å². The van der Waals surface area contributed by atoms with Crippen LogP contribution in [-0.2, 0) is 16.1 Å². The molecule has 0 bridgehead atoms. The molecule has 0 saturated carbocycles. The van der Waals surface area contributed by atoms with Crippen molar-refractivity contribution in [2.45, 2.75) is 26.0 Å². The van der Waals surface area contributed by atoms with E-state index in [-0.39, 0.29) is 11.3 Å². The van der Waals surface area contributed by atoms with Crippen LogP contribution in [0.5, 0.6) is 0 Å². The molecule has 0 saturated heterocycles. The van der Waals surface area contributed by atoms with Gasteiger partial charge in [-0.1, -0.05) is 36.4 Å². The van der Waals surface area contributed by atoms with Gasteiger partial charge in [-0.3, -0.25) is 0 Å². The maximum atomic E-state index is 14.3. The van der Waals surface area contributed by atoms with Gasteiger partial charge in [0.1, 0.15) is 18.4 Å². The van der Waals surface area contributed by atoms with Crippen molar-refractivity contribution >= 4 is 12.6 Å². The van der Waals surface area contributed by atoms with Crippen molar-refractivity contribution < 1.29 is 24.2 Å². The van der Waals surface area contributed by atoms with E-state index in [9.17, 15) is 9.50 Å². The Balaban J connectivity index is 0.000000855. The van der Waals surface area contributed by atoms with E-state index in [1.165, 1.54) is 17.7 Å². The summed E-state index contributed by atoms with van der Waals surface area (Å²) in [5, 5.41) is 21.2. The number of hydrogen-bond acceptors (Lipinski definition) is 6. The number of aliphatic hydroxyl groups excluding tert-OH is 2. The van der Waals surface area contributed by atoms with Crippen LogP contribution in [0.2, 0.25) is 0 Å². The van der Waals surface area contributed by atoms with Crippen LogP contribution in [-0.4, -0.2) is 48.1 Å². The van der Waals surface area contributed by atoms with Crippen molar-refractivity contribution in [2.75, 3.05) is 14.2 Å². The summed E-state index contributed by atoms with van der Waals surface area (Å²) in [7, 11) is 2.78. The molecular formula is C20H25FN2O4. The van der Waals surface area contributed by atoms with Gasteiger partial charge in [0.2, 0.25) is 6.23 Å². The quantitative estimate of drug-likeness (QED) is 0.846. The summed E-state index contributed by atoms with van der Waals surface area (Å²) < 4.78 is 14.3. The van der Waals surface area contributed by atoms with Gasteiger partial charge in [-0.25, -0.2) is 4.39 Å². The molecule has 1 atom stereocenters. The summed E-state index contributed by atoms with van der Waals surface area (Å²) in [5.74, 6) is 0.00148. The fourth-order valence-corrected chi connectivity index (χ4v) is 2.70. The Labute approximate surface area is 158 Å². The number of hydrogen-bond donors (Lipinski definition) is 2. The molecule has 6 nitrogen and oxygen atoms in total. The molecule has 2 N–H and O–H groups in total. The zero-order chi connectivity index (χ0) is 20.4. The number of likely N-dealkylation sites (N-methyl/N-ethyl adjacent to an activating group) is 1. The van der Waals surface area contributed by atoms with E-state index in [1.54, 1.807) is 18.0 Å². The number of halogens is 1. The first-order valence-electron chi connectivity index (χ1n) is 8.37. The zero-order valence-electron chi connectivity index (χ0n) is 15.7. The number of rotatable bonds is 3. The number of benzene rings is 1. The number of allylic oxidation sites excluding steroid dienone is 3. The smallest absolute Gasteiger partial charge is 0.233 e. The Kier molecular flexibility index (Phi) is 8.95. The molecule has 1 unspecified atom stereocenters. The highest BCUT2D eigenvalue weighted by Gasteiger charge is 2.35. The molecule has 1 heterocycles. The van der Waals surface area contributed by atoms with E-state index in [1.807, 2.05) is 31.1 Å². The second kappa shape index (κ2) is 10.9. The molecule has 0 amide bonds. The van der Waals surface area contributed by atoms with Crippen LogP contribution < -0.4 is 0 Å². The normalized spacial score (nSPS) is 18.3. The molecule has 1 aliphatic carbocycles. The summed E-state index contributed by atoms with van der Waals surface area (Å²) in [6.45, 7) is 4.08. The van der Waals surface area contributed by atoms with Crippen molar-refractivity contribution in [1.82, 2.24) is 4.90 Å². The van der Waals surface area contributed by atoms with Crippen LogP contribution >= 0.6 is 0 Å². The Bertz CT molecular complexity index is 756. The monoisotopic (exact) mass is 376 g/mol. The molecule has 1 aromatic rings. The fourth-order valence-electron chi connectivity index (χ4n) is 2.70. The van der Waals surface area contributed by atoms with Crippen LogP contribution in [0, 0.1) is 0 Å². The van der Waals surface area contributed by atoms with E-state index in [0.717, 1.165) is 19.1 Å². The van der Waals surface area contributed by atoms with Gasteiger partial charge in [-0.2, -0.15) is 0 Å². The van der Waals surface area contributed by atoms with Crippen molar-refractivity contribution in [1.29, 1.82) is 0 Å². The topological polar surface area (TPSA) is 82.4 Å². The Hall–Kier alpha value is -2.93. The average Bonchev–Trinajstić information content (AvgIpc) is 3.01. The molecule has 0 fully saturated rings. The molecule has 1 aromatic carbocycles. The van der Waals surface area contributed by atoms with Crippen molar-refractivity contribution in [3.8, 4) is 0 Å². The number of oxime groups is 1. The van der Waals surface area contributed by atoms with Crippen molar-refractivity contribution in [3.63, 3.8) is 0 Å². The summed E-state index contributed by atoms with van der Waals surface area (Å²) in [5.41, 5.74) is 2.20. The van der Waals surface area contributed by atoms with E-state index >= 15 is 0 Å². The Morgan fingerprint density at radius 3 is 2.74 bits per heavy atom. The summed E-state index contributed by atoms with van der Waals surface area (Å²) >= 11 is 0. The number of aliphatic hydroxyl groups is 2. The molecule has 0 aromatic heterocycles. The van der Waals surface area contributed by atoms with Crippen LogP contribution in [0.3, 0.4) is 0 Å². The van der Waals surface area contributed by atoms with Crippen LogP contribution in [0.25, 0.3) is 0 Å². The first-order chi connectivity index (χ1) is 13.1. The third-order valence-electron chi connectivity index (χ3n) is 4.01. The van der Waals surface area contributed by atoms with E-state index in [2.05, 4.69) is 12.1 Å². The number of carbonyl (C=O) groups is 1. The highest BCUT2D eigenvalue weighted by molar-refractivity contribution is 5.99. The maximum absolute atomic E-state index is 14.3. The van der Waals surface area contributed by atoms with E-state index in [4.69, 9.17) is 14.7 Å². The van der Waals surface area contributed by atoms with Crippen LogP contribution in [0.1, 0.15) is 24.5 Å². The van der Waals surface area contributed by atoms with E-state index < -0.39 is 12.1 Å². The summed E-state index contributed by atoms with van der Waals surface area (Å²) in [6, 6.07) is 7.98. The predicted molar refractivity (Wildman–Crippen MR) is 103 cm³/mol. The number of nitrogens with zero attached hydrogens (tertiary/aromatic N) is 2. The minimum absolute atomic E-state index is 0.103. The van der Waals surface area contributed by atoms with Gasteiger partial charge in [0.25, 0.3) is 0 Å². The van der Waals surface area contributed by atoms with Gasteiger partial charge >= 0.3 is 0 Å². The highest BCUT2D eigenvalue weighted by Crippen LogP contribution is 2.30. The molecule has 7 heteroatoms. The largest absolute Gasteiger partial charge is 0.507 e. The predicted octanol–water partition coefficient (Wildman–Crippen LogP) is 3.25. The summed E-state index contributed by atoms with van der Waals surface area (Å²) in [4.78, 5) is 15.2. The zero-order valence-corrected chi connectivity index (χ0v) is 15.7. The lowest BCUT2D eigenvalue weighted by Gasteiger charge is -2.22. The van der Waals surface area contributed by atoms with Gasteiger partial charge < -0.3 is 24.7 Å². The van der Waals surface area contributed by atoms with Gasteiger partial charge in [-0.05, 0) is 36.6 Å². The number of aryl methyl sites for hydroxylation is 1. The maximum Gasteiger partial charge on any atom is 0.233 e. The third-order valence-corrected chi connectivity index (χ3v) is 4.01. The van der Waals surface area contributed by atoms with Gasteiger partial charge in [-0.15, -0.1) is 0 Å². The minimum Gasteiger partial charge on any atom is -0.507 e. The lowest BCUT2D eigenvalue weighted by atomic mass is 10.1. The Morgan fingerprint density at radius 2 is 2.07 bits per heavy atom. The molecule has 3 rings (SSSR count). The standard InChI is InChI=1S/C18H19FN2O2.CH4O.CH2O/c1-3-12-7-6-8-13(11-12)17-20-23-18(21(17)2)16-14(19)9-4-5-10-15(16)22;2*1-2/h5-11,18,22H,3-4H2,1-2H3;2H,1H3;1H2. The van der Waals surface area contributed by atoms with Crippen LogP contribution in [0.4, 0.5) is 4.39 Å². The van der Waals surface area contributed by atoms with Crippen molar-refractivity contribution in [2.24, 2.45) is 5.16 Å². The average molecular weight is 376 g/mol. The van der Waals surface area contributed by atoms with Crippen molar-refractivity contribution in [3.05, 3.63) is 70.8 Å². The van der Waals surface area contributed by atoms with Crippen LogP contribution in [0.15, 0.2) is 64.8 Å². The first kappa shape index (κ1) is 22.1. The minimum atomic E-state index is -0.783.